The number of aromatic nitrogens is 3. The normalized spacial score (nSPS) is 19.0. The van der Waals surface area contributed by atoms with Gasteiger partial charge in [0.05, 0.1) is 6.20 Å². The molecule has 0 aliphatic heterocycles. The van der Waals surface area contributed by atoms with Crippen molar-refractivity contribution in [3.8, 4) is 0 Å². The summed E-state index contributed by atoms with van der Waals surface area (Å²) in [5.74, 6) is 0.159. The number of nitrogens with zero attached hydrogens (tertiary/aromatic N) is 4. The van der Waals surface area contributed by atoms with Crippen LogP contribution in [0, 0.1) is 0 Å². The Morgan fingerprint density at radius 3 is 2.15 bits per heavy atom. The standard InChI is InChI=1S/C23H31N5O3S2/c1-2-19(21-24-14-9-15-25-21)33(30,31)20-16-26-22(32-20)27-23(29)28(17-10-5-3-6-11-17)18-12-7-4-8-13-18/h2,9,14-19H,1,3-8,10-13H2,(H,26,27,29). The zero-order chi connectivity index (χ0) is 23.3. The molecule has 10 heteroatoms. The predicted octanol–water partition coefficient (Wildman–Crippen LogP) is 5.13. The van der Waals surface area contributed by atoms with Crippen molar-refractivity contribution in [2.24, 2.45) is 0 Å². The molecule has 2 aromatic heterocycles. The first-order valence-electron chi connectivity index (χ1n) is 11.7. The van der Waals surface area contributed by atoms with E-state index < -0.39 is 15.1 Å². The van der Waals surface area contributed by atoms with Crippen molar-refractivity contribution >= 4 is 32.3 Å². The van der Waals surface area contributed by atoms with Crippen molar-refractivity contribution < 1.29 is 13.2 Å². The molecule has 0 bridgehead atoms. The van der Waals surface area contributed by atoms with Gasteiger partial charge in [0, 0.05) is 24.5 Å². The Morgan fingerprint density at radius 2 is 1.61 bits per heavy atom. The van der Waals surface area contributed by atoms with E-state index in [9.17, 15) is 13.2 Å². The zero-order valence-corrected chi connectivity index (χ0v) is 20.4. The molecule has 1 unspecified atom stereocenters. The van der Waals surface area contributed by atoms with Crippen LogP contribution in [0.15, 0.2) is 41.5 Å². The summed E-state index contributed by atoms with van der Waals surface area (Å²) in [6.45, 7) is 3.66. The molecule has 33 heavy (non-hydrogen) atoms. The molecule has 8 nitrogen and oxygen atoms in total. The molecule has 2 saturated carbocycles. The largest absolute Gasteiger partial charge is 0.324 e. The predicted molar refractivity (Wildman–Crippen MR) is 129 cm³/mol. The lowest BCUT2D eigenvalue weighted by Crippen LogP contribution is -2.50. The molecule has 0 aromatic carbocycles. The second-order valence-corrected chi connectivity index (χ2v) is 12.0. The molecule has 2 fully saturated rings. The Hall–Kier alpha value is -2.33. The van der Waals surface area contributed by atoms with Crippen LogP contribution in [0.3, 0.4) is 0 Å². The van der Waals surface area contributed by atoms with Crippen molar-refractivity contribution in [1.82, 2.24) is 19.9 Å². The van der Waals surface area contributed by atoms with Gasteiger partial charge in [-0.2, -0.15) is 0 Å². The van der Waals surface area contributed by atoms with Gasteiger partial charge in [-0.15, -0.1) is 6.58 Å². The van der Waals surface area contributed by atoms with Crippen LogP contribution in [0.4, 0.5) is 9.93 Å². The Kier molecular flexibility index (Phi) is 7.75. The second-order valence-electron chi connectivity index (χ2n) is 8.71. The average Bonchev–Trinajstić information content (AvgIpc) is 3.31. The highest BCUT2D eigenvalue weighted by Crippen LogP contribution is 2.34. The minimum Gasteiger partial charge on any atom is -0.319 e. The Morgan fingerprint density at radius 1 is 1.03 bits per heavy atom. The molecule has 2 aliphatic carbocycles. The van der Waals surface area contributed by atoms with Crippen LogP contribution >= 0.6 is 11.3 Å². The van der Waals surface area contributed by atoms with E-state index in [0.717, 1.165) is 62.7 Å². The summed E-state index contributed by atoms with van der Waals surface area (Å²) in [5, 5.41) is 2.10. The highest BCUT2D eigenvalue weighted by molar-refractivity contribution is 7.93. The molecule has 0 saturated heterocycles. The topological polar surface area (TPSA) is 105 Å². The third-order valence-corrected chi connectivity index (χ3v) is 9.93. The molecule has 1 N–H and O–H groups in total. The monoisotopic (exact) mass is 489 g/mol. The van der Waals surface area contributed by atoms with Crippen molar-refractivity contribution in [3.05, 3.63) is 43.1 Å². The highest BCUT2D eigenvalue weighted by Gasteiger charge is 2.34. The van der Waals surface area contributed by atoms with Gasteiger partial charge in [-0.25, -0.2) is 28.2 Å². The van der Waals surface area contributed by atoms with Gasteiger partial charge < -0.3 is 4.90 Å². The van der Waals surface area contributed by atoms with Crippen molar-refractivity contribution in [3.63, 3.8) is 0 Å². The van der Waals surface area contributed by atoms with E-state index in [1.165, 1.54) is 37.5 Å². The number of amides is 2. The van der Waals surface area contributed by atoms with Crippen molar-refractivity contribution in [1.29, 1.82) is 0 Å². The maximum atomic E-state index is 13.4. The fourth-order valence-electron chi connectivity index (χ4n) is 4.91. The van der Waals surface area contributed by atoms with Gasteiger partial charge >= 0.3 is 6.03 Å². The van der Waals surface area contributed by atoms with Crippen LogP contribution in [0.2, 0.25) is 0 Å². The number of hydrogen-bond donors (Lipinski definition) is 1. The van der Waals surface area contributed by atoms with Crippen LogP contribution in [-0.2, 0) is 9.84 Å². The molecule has 2 heterocycles. The summed E-state index contributed by atoms with van der Waals surface area (Å²) in [7, 11) is -3.83. The van der Waals surface area contributed by atoms with E-state index >= 15 is 0 Å². The molecule has 0 spiro atoms. The zero-order valence-electron chi connectivity index (χ0n) is 18.7. The molecule has 2 amide bonds. The number of carbonyl (C=O) groups excluding carboxylic acids is 1. The van der Waals surface area contributed by atoms with E-state index in [-0.39, 0.29) is 33.3 Å². The van der Waals surface area contributed by atoms with Gasteiger partial charge in [-0.1, -0.05) is 55.9 Å². The van der Waals surface area contributed by atoms with Crippen LogP contribution in [-0.4, -0.2) is 46.4 Å². The number of sulfone groups is 1. The maximum Gasteiger partial charge on any atom is 0.324 e. The fourth-order valence-corrected chi connectivity index (χ4v) is 7.56. The van der Waals surface area contributed by atoms with Gasteiger partial charge in [-0.05, 0) is 31.7 Å². The maximum absolute atomic E-state index is 13.4. The first-order valence-corrected chi connectivity index (χ1v) is 14.1. The first-order chi connectivity index (χ1) is 16.0. The lowest BCUT2D eigenvalue weighted by Gasteiger charge is -2.41. The molecule has 178 valence electrons. The third-order valence-electron chi connectivity index (χ3n) is 6.54. The minimum atomic E-state index is -3.83. The van der Waals surface area contributed by atoms with E-state index in [4.69, 9.17) is 0 Å². The Bertz CT molecular complexity index is 1030. The van der Waals surface area contributed by atoms with E-state index in [2.05, 4.69) is 26.8 Å². The van der Waals surface area contributed by atoms with E-state index in [1.807, 2.05) is 4.90 Å². The van der Waals surface area contributed by atoms with E-state index in [1.54, 1.807) is 6.07 Å². The molecular formula is C23H31N5O3S2. The molecule has 0 radical (unpaired) electrons. The van der Waals surface area contributed by atoms with Crippen LogP contribution in [0.25, 0.3) is 0 Å². The lowest BCUT2D eigenvalue weighted by atomic mass is 9.89. The third kappa shape index (κ3) is 5.43. The first kappa shape index (κ1) is 23.8. The summed E-state index contributed by atoms with van der Waals surface area (Å²) in [6.07, 6.45) is 16.7. The summed E-state index contributed by atoms with van der Waals surface area (Å²) < 4.78 is 26.4. The molecule has 2 aliphatic rings. The molecular weight excluding hydrogens is 458 g/mol. The molecule has 2 aromatic rings. The van der Waals surface area contributed by atoms with E-state index in [0.29, 0.717) is 0 Å². The number of urea groups is 1. The minimum absolute atomic E-state index is 0.0528. The summed E-state index contributed by atoms with van der Waals surface area (Å²) >= 11 is 0.956. The SMILES string of the molecule is C=CC(c1ncccn1)S(=O)(=O)c1cnc(NC(=O)N(C2CCCCC2)C2CCCCC2)s1. The van der Waals surface area contributed by atoms with Gasteiger partial charge in [0.15, 0.2) is 11.0 Å². The fraction of sp³-hybridized carbons (Fsp3) is 0.565. The number of hydrogen-bond acceptors (Lipinski definition) is 7. The van der Waals surface area contributed by atoms with Crippen molar-refractivity contribution in [2.45, 2.75) is 85.8 Å². The summed E-state index contributed by atoms with van der Waals surface area (Å²) in [4.78, 5) is 27.8. The number of anilines is 1. The van der Waals surface area contributed by atoms with Gasteiger partial charge in [0.1, 0.15) is 9.46 Å². The Balaban J connectivity index is 1.52. The van der Waals surface area contributed by atoms with Gasteiger partial charge in [-0.3, -0.25) is 5.32 Å². The van der Waals surface area contributed by atoms with Crippen LogP contribution in [0.1, 0.15) is 75.3 Å². The second kappa shape index (κ2) is 10.7. The summed E-state index contributed by atoms with van der Waals surface area (Å²) in [5.41, 5.74) is 0. The number of carbonyl (C=O) groups is 1. The highest BCUT2D eigenvalue weighted by atomic mass is 32.2. The van der Waals surface area contributed by atoms with Crippen molar-refractivity contribution in [2.75, 3.05) is 5.32 Å². The molecule has 1 atom stereocenters. The van der Waals surface area contributed by atoms with Gasteiger partial charge in [0.2, 0.25) is 9.84 Å². The number of nitrogens with one attached hydrogen (secondary N) is 1. The average molecular weight is 490 g/mol. The smallest absolute Gasteiger partial charge is 0.319 e. The van der Waals surface area contributed by atoms with Gasteiger partial charge in [0.25, 0.3) is 0 Å². The number of rotatable bonds is 7. The number of thiazole rings is 1. The Labute approximate surface area is 199 Å². The lowest BCUT2D eigenvalue weighted by molar-refractivity contribution is 0.114. The summed E-state index contributed by atoms with van der Waals surface area (Å²) in [6, 6.07) is 1.94. The van der Waals surface area contributed by atoms with Crippen LogP contribution < -0.4 is 5.32 Å². The van der Waals surface area contributed by atoms with Crippen LogP contribution in [0.5, 0.6) is 0 Å². The quantitative estimate of drug-likeness (QED) is 0.540. The molecule has 4 rings (SSSR count).